The number of rotatable bonds is 8. The summed E-state index contributed by atoms with van der Waals surface area (Å²) in [6.45, 7) is 0.790. The van der Waals surface area contributed by atoms with Crippen molar-refractivity contribution >= 4 is 5.97 Å². The van der Waals surface area contributed by atoms with Crippen molar-refractivity contribution in [2.45, 2.75) is 51.4 Å². The van der Waals surface area contributed by atoms with E-state index >= 15 is 0 Å². The van der Waals surface area contributed by atoms with Crippen molar-refractivity contribution < 1.29 is 14.6 Å². The van der Waals surface area contributed by atoms with Crippen LogP contribution in [0.1, 0.15) is 50.5 Å². The predicted molar refractivity (Wildman–Crippen MR) is 105 cm³/mol. The highest BCUT2D eigenvalue weighted by Gasteiger charge is 2.15. The first-order chi connectivity index (χ1) is 12.7. The minimum atomic E-state index is -0.735. The average molecular weight is 352 g/mol. The van der Waals surface area contributed by atoms with Crippen molar-refractivity contribution in [3.63, 3.8) is 0 Å². The number of aryl methyl sites for hydroxylation is 1. The summed E-state index contributed by atoms with van der Waals surface area (Å²) in [7, 11) is 0. The minimum Gasteiger partial charge on any atom is -0.493 e. The molecular formula is C23H28O3. The Bertz CT molecular complexity index is 703. The summed E-state index contributed by atoms with van der Waals surface area (Å²) in [6, 6.07) is 16.6. The highest BCUT2D eigenvalue weighted by Crippen LogP contribution is 2.33. The molecule has 0 unspecified atom stereocenters. The molecule has 3 nitrogen and oxygen atoms in total. The molecule has 2 aromatic carbocycles. The van der Waals surface area contributed by atoms with Crippen LogP contribution in [0.2, 0.25) is 0 Å². The third kappa shape index (κ3) is 5.35. The van der Waals surface area contributed by atoms with Gasteiger partial charge in [-0.05, 0) is 54.9 Å². The number of hydrogen-bond donors (Lipinski definition) is 1. The van der Waals surface area contributed by atoms with E-state index in [1.165, 1.54) is 32.1 Å². The van der Waals surface area contributed by atoms with Crippen LogP contribution in [0, 0.1) is 5.92 Å². The summed E-state index contributed by atoms with van der Waals surface area (Å²) in [5.41, 5.74) is 3.41. The van der Waals surface area contributed by atoms with Crippen LogP contribution in [-0.2, 0) is 11.2 Å². The maximum atomic E-state index is 10.7. The number of ether oxygens (including phenoxy) is 1. The van der Waals surface area contributed by atoms with Crippen LogP contribution >= 0.6 is 0 Å². The molecule has 0 aliphatic heterocycles. The third-order valence-corrected chi connectivity index (χ3v) is 5.18. The normalized spacial score (nSPS) is 14.9. The quantitative estimate of drug-likeness (QED) is 0.661. The number of carboxylic acids is 1. The Hall–Kier alpha value is -2.29. The lowest BCUT2D eigenvalue weighted by Gasteiger charge is -2.22. The molecule has 1 aliphatic carbocycles. The van der Waals surface area contributed by atoms with E-state index in [4.69, 9.17) is 9.84 Å². The van der Waals surface area contributed by atoms with Gasteiger partial charge >= 0.3 is 5.97 Å². The predicted octanol–water partition coefficient (Wildman–Crippen LogP) is 5.72. The molecule has 0 bridgehead atoms. The maximum absolute atomic E-state index is 10.7. The van der Waals surface area contributed by atoms with Crippen LogP contribution in [-0.4, -0.2) is 17.7 Å². The molecule has 1 aliphatic rings. The first kappa shape index (κ1) is 18.5. The Morgan fingerprint density at radius 3 is 2.54 bits per heavy atom. The summed E-state index contributed by atoms with van der Waals surface area (Å²) in [6.07, 6.45) is 8.18. The standard InChI is InChI=1S/C23H28O3/c24-23(25)13-7-10-18-14-15-22(26-17-19-8-3-1-4-9-19)21(16-18)20-11-5-2-6-12-20/h2,5-6,11-12,14-16,19H,1,3-4,7-10,13,17H2,(H,24,25). The monoisotopic (exact) mass is 352 g/mol. The summed E-state index contributed by atoms with van der Waals surface area (Å²) in [4.78, 5) is 10.7. The van der Waals surface area contributed by atoms with Gasteiger partial charge in [0.25, 0.3) is 0 Å². The molecule has 2 aromatic rings. The topological polar surface area (TPSA) is 46.5 Å². The second-order valence-corrected chi connectivity index (χ2v) is 7.26. The van der Waals surface area contributed by atoms with Crippen LogP contribution < -0.4 is 4.74 Å². The summed E-state index contributed by atoms with van der Waals surface area (Å²) < 4.78 is 6.23. The van der Waals surface area contributed by atoms with E-state index in [-0.39, 0.29) is 6.42 Å². The summed E-state index contributed by atoms with van der Waals surface area (Å²) in [5, 5.41) is 8.84. The van der Waals surface area contributed by atoms with Gasteiger partial charge < -0.3 is 9.84 Å². The molecule has 3 rings (SSSR count). The minimum absolute atomic E-state index is 0.209. The molecule has 3 heteroatoms. The van der Waals surface area contributed by atoms with E-state index < -0.39 is 5.97 Å². The molecule has 0 atom stereocenters. The molecule has 26 heavy (non-hydrogen) atoms. The molecule has 0 amide bonds. The van der Waals surface area contributed by atoms with Gasteiger partial charge in [-0.3, -0.25) is 4.79 Å². The third-order valence-electron chi connectivity index (χ3n) is 5.18. The molecule has 0 saturated heterocycles. The molecule has 1 saturated carbocycles. The second-order valence-electron chi connectivity index (χ2n) is 7.26. The maximum Gasteiger partial charge on any atom is 0.303 e. The lowest BCUT2D eigenvalue weighted by Crippen LogP contribution is -2.15. The Kier molecular flexibility index (Phi) is 6.70. The van der Waals surface area contributed by atoms with E-state index in [1.54, 1.807) is 0 Å². The molecule has 0 aromatic heterocycles. The van der Waals surface area contributed by atoms with Crippen molar-refractivity contribution in [1.82, 2.24) is 0 Å². The number of carbonyl (C=O) groups is 1. The summed E-state index contributed by atoms with van der Waals surface area (Å²) in [5.74, 6) is 0.868. The van der Waals surface area contributed by atoms with Gasteiger partial charge in [-0.15, -0.1) is 0 Å². The number of benzene rings is 2. The molecule has 0 heterocycles. The van der Waals surface area contributed by atoms with Crippen LogP contribution in [0.25, 0.3) is 11.1 Å². The molecule has 1 fully saturated rings. The summed E-state index contributed by atoms with van der Waals surface area (Å²) >= 11 is 0. The van der Waals surface area contributed by atoms with Gasteiger partial charge in [-0.2, -0.15) is 0 Å². The second kappa shape index (κ2) is 9.42. The molecule has 138 valence electrons. The zero-order chi connectivity index (χ0) is 18.2. The molecule has 1 N–H and O–H groups in total. The first-order valence-corrected chi connectivity index (χ1v) is 9.75. The van der Waals surface area contributed by atoms with Crippen LogP contribution in [0.15, 0.2) is 48.5 Å². The van der Waals surface area contributed by atoms with Crippen LogP contribution in [0.3, 0.4) is 0 Å². The highest BCUT2D eigenvalue weighted by atomic mass is 16.5. The van der Waals surface area contributed by atoms with Crippen molar-refractivity contribution in [2.24, 2.45) is 5.92 Å². The molecule has 0 spiro atoms. The number of hydrogen-bond acceptors (Lipinski definition) is 2. The van der Waals surface area contributed by atoms with E-state index in [2.05, 4.69) is 30.3 Å². The fourth-order valence-corrected chi connectivity index (χ4v) is 3.71. The van der Waals surface area contributed by atoms with Crippen LogP contribution in [0.5, 0.6) is 5.75 Å². The molecular weight excluding hydrogens is 324 g/mol. The first-order valence-electron chi connectivity index (χ1n) is 9.75. The van der Waals surface area contributed by atoms with Gasteiger partial charge in [0.05, 0.1) is 6.61 Å². The van der Waals surface area contributed by atoms with Gasteiger partial charge in [0, 0.05) is 12.0 Å². The van der Waals surface area contributed by atoms with Crippen molar-refractivity contribution in [3.05, 3.63) is 54.1 Å². The lowest BCUT2D eigenvalue weighted by molar-refractivity contribution is -0.137. The fraction of sp³-hybridized carbons (Fsp3) is 0.435. The van der Waals surface area contributed by atoms with Crippen molar-refractivity contribution in [1.29, 1.82) is 0 Å². The fourth-order valence-electron chi connectivity index (χ4n) is 3.71. The zero-order valence-corrected chi connectivity index (χ0v) is 15.3. The lowest BCUT2D eigenvalue weighted by atomic mass is 9.90. The van der Waals surface area contributed by atoms with Crippen LogP contribution in [0.4, 0.5) is 0 Å². The van der Waals surface area contributed by atoms with E-state index in [0.29, 0.717) is 12.3 Å². The number of aliphatic carboxylic acids is 1. The van der Waals surface area contributed by atoms with E-state index in [0.717, 1.165) is 35.5 Å². The average Bonchev–Trinajstić information content (AvgIpc) is 2.68. The van der Waals surface area contributed by atoms with Gasteiger partial charge in [0.1, 0.15) is 5.75 Å². The Labute approximate surface area is 156 Å². The Morgan fingerprint density at radius 1 is 1.04 bits per heavy atom. The van der Waals surface area contributed by atoms with E-state index in [9.17, 15) is 4.79 Å². The van der Waals surface area contributed by atoms with Crippen molar-refractivity contribution in [2.75, 3.05) is 6.61 Å². The zero-order valence-electron chi connectivity index (χ0n) is 15.3. The van der Waals surface area contributed by atoms with Gasteiger partial charge in [-0.25, -0.2) is 0 Å². The van der Waals surface area contributed by atoms with E-state index in [1.807, 2.05) is 18.2 Å². The largest absolute Gasteiger partial charge is 0.493 e. The van der Waals surface area contributed by atoms with Gasteiger partial charge in [-0.1, -0.05) is 55.7 Å². The van der Waals surface area contributed by atoms with Gasteiger partial charge in [0.15, 0.2) is 0 Å². The molecule has 0 radical (unpaired) electrons. The Balaban J connectivity index is 1.74. The van der Waals surface area contributed by atoms with Crippen molar-refractivity contribution in [3.8, 4) is 16.9 Å². The number of carboxylic acid groups (broad SMARTS) is 1. The smallest absolute Gasteiger partial charge is 0.303 e. The van der Waals surface area contributed by atoms with Gasteiger partial charge in [0.2, 0.25) is 0 Å². The SMILES string of the molecule is O=C(O)CCCc1ccc(OCC2CCCCC2)c(-c2ccccc2)c1. The highest BCUT2D eigenvalue weighted by molar-refractivity contribution is 5.71. The Morgan fingerprint density at radius 2 is 1.81 bits per heavy atom.